The maximum absolute atomic E-state index is 11.6. The maximum atomic E-state index is 11.6. The standard InChI is InChI=1S/C17H24ClN5O3/c1-3-19-16(20-7-8-23-15(24)12-21-17(23)25)22(2)9-10-26-14-6-4-5-13(18)11-14/h4-6,11H,3,7-10,12H2,1-2H3,(H,19,20)(H,21,25). The Kier molecular flexibility index (Phi) is 7.53. The van der Waals surface area contributed by atoms with Crippen molar-refractivity contribution in [1.29, 1.82) is 0 Å². The van der Waals surface area contributed by atoms with Crippen LogP contribution in [0.25, 0.3) is 0 Å². The molecule has 3 amide bonds. The summed E-state index contributed by atoms with van der Waals surface area (Å²) in [4.78, 5) is 30.6. The second kappa shape index (κ2) is 9.86. The second-order valence-electron chi connectivity index (χ2n) is 5.67. The molecular weight excluding hydrogens is 358 g/mol. The lowest BCUT2D eigenvalue weighted by Crippen LogP contribution is -2.41. The fraction of sp³-hybridized carbons (Fsp3) is 0.471. The van der Waals surface area contributed by atoms with Crippen molar-refractivity contribution < 1.29 is 14.3 Å². The van der Waals surface area contributed by atoms with Crippen molar-refractivity contribution in [3.05, 3.63) is 29.3 Å². The van der Waals surface area contributed by atoms with Gasteiger partial charge in [-0.15, -0.1) is 0 Å². The van der Waals surface area contributed by atoms with E-state index in [0.29, 0.717) is 43.0 Å². The minimum Gasteiger partial charge on any atom is -0.492 e. The molecule has 1 heterocycles. The molecule has 1 aliphatic heterocycles. The molecule has 9 heteroatoms. The monoisotopic (exact) mass is 381 g/mol. The van der Waals surface area contributed by atoms with Gasteiger partial charge >= 0.3 is 6.03 Å². The summed E-state index contributed by atoms with van der Waals surface area (Å²) >= 11 is 5.93. The first kappa shape index (κ1) is 19.8. The summed E-state index contributed by atoms with van der Waals surface area (Å²) in [5.74, 6) is 1.18. The van der Waals surface area contributed by atoms with E-state index >= 15 is 0 Å². The highest BCUT2D eigenvalue weighted by atomic mass is 35.5. The number of hydrogen-bond acceptors (Lipinski definition) is 4. The van der Waals surface area contributed by atoms with Crippen molar-refractivity contribution in [3.63, 3.8) is 0 Å². The Hall–Kier alpha value is -2.48. The Balaban J connectivity index is 1.82. The van der Waals surface area contributed by atoms with Crippen LogP contribution in [0.15, 0.2) is 29.3 Å². The number of hydrogen-bond donors (Lipinski definition) is 2. The minimum absolute atomic E-state index is 0.0589. The summed E-state index contributed by atoms with van der Waals surface area (Å²) in [7, 11) is 1.90. The Morgan fingerprint density at radius 2 is 2.27 bits per heavy atom. The molecule has 8 nitrogen and oxygen atoms in total. The highest BCUT2D eigenvalue weighted by Crippen LogP contribution is 2.16. The summed E-state index contributed by atoms with van der Waals surface area (Å²) in [6, 6.07) is 6.88. The van der Waals surface area contributed by atoms with Gasteiger partial charge in [0.05, 0.1) is 26.2 Å². The first-order chi connectivity index (χ1) is 12.5. The summed E-state index contributed by atoms with van der Waals surface area (Å²) < 4.78 is 5.68. The number of ether oxygens (including phenoxy) is 1. The number of benzene rings is 1. The van der Waals surface area contributed by atoms with Crippen LogP contribution in [0.1, 0.15) is 6.92 Å². The number of guanidine groups is 1. The molecule has 2 N–H and O–H groups in total. The molecule has 1 aromatic rings. The van der Waals surface area contributed by atoms with Gasteiger partial charge in [-0.25, -0.2) is 4.79 Å². The number of carbonyl (C=O) groups is 2. The molecule has 0 aliphatic carbocycles. The largest absolute Gasteiger partial charge is 0.492 e. The zero-order valence-electron chi connectivity index (χ0n) is 15.0. The molecule has 0 atom stereocenters. The molecule has 26 heavy (non-hydrogen) atoms. The fourth-order valence-electron chi connectivity index (χ4n) is 2.37. The van der Waals surface area contributed by atoms with Crippen molar-refractivity contribution in [3.8, 4) is 5.75 Å². The summed E-state index contributed by atoms with van der Waals surface area (Å²) in [5.41, 5.74) is 0. The Morgan fingerprint density at radius 1 is 1.46 bits per heavy atom. The van der Waals surface area contributed by atoms with Crippen molar-refractivity contribution in [2.75, 3.05) is 46.4 Å². The lowest BCUT2D eigenvalue weighted by atomic mass is 10.3. The number of carbonyl (C=O) groups excluding carboxylic acids is 2. The smallest absolute Gasteiger partial charge is 0.324 e. The zero-order valence-corrected chi connectivity index (χ0v) is 15.8. The van der Waals surface area contributed by atoms with Crippen LogP contribution in [0.2, 0.25) is 5.02 Å². The number of amides is 3. The van der Waals surface area contributed by atoms with E-state index in [4.69, 9.17) is 16.3 Å². The van der Waals surface area contributed by atoms with E-state index < -0.39 is 0 Å². The van der Waals surface area contributed by atoms with Gasteiger partial charge in [-0.1, -0.05) is 17.7 Å². The number of nitrogens with one attached hydrogen (secondary N) is 2. The molecule has 1 fully saturated rings. The van der Waals surface area contributed by atoms with E-state index in [9.17, 15) is 9.59 Å². The van der Waals surface area contributed by atoms with E-state index in [1.165, 1.54) is 4.90 Å². The number of likely N-dealkylation sites (N-methyl/N-ethyl adjacent to an activating group) is 1. The van der Waals surface area contributed by atoms with Gasteiger partial charge in [-0.3, -0.25) is 14.7 Å². The third-order valence-electron chi connectivity index (χ3n) is 3.71. The predicted octanol–water partition coefficient (Wildman–Crippen LogP) is 1.17. The number of nitrogens with zero attached hydrogens (tertiary/aromatic N) is 3. The lowest BCUT2D eigenvalue weighted by molar-refractivity contribution is -0.124. The van der Waals surface area contributed by atoms with Crippen LogP contribution in [0, 0.1) is 0 Å². The molecular formula is C17H24ClN5O3. The van der Waals surface area contributed by atoms with Crippen molar-refractivity contribution in [1.82, 2.24) is 20.4 Å². The van der Waals surface area contributed by atoms with Crippen molar-refractivity contribution in [2.45, 2.75) is 6.92 Å². The number of rotatable bonds is 8. The van der Waals surface area contributed by atoms with Crippen LogP contribution in [0.5, 0.6) is 5.75 Å². The van der Waals surface area contributed by atoms with Crippen LogP contribution < -0.4 is 15.4 Å². The molecule has 1 aliphatic rings. The van der Waals surface area contributed by atoms with Crippen LogP contribution in [-0.2, 0) is 4.79 Å². The van der Waals surface area contributed by atoms with Gasteiger partial charge in [0.2, 0.25) is 5.91 Å². The van der Waals surface area contributed by atoms with Gasteiger partial charge in [0, 0.05) is 18.6 Å². The average molecular weight is 382 g/mol. The molecule has 0 saturated carbocycles. The van der Waals surface area contributed by atoms with Gasteiger partial charge in [-0.2, -0.15) is 0 Å². The third kappa shape index (κ3) is 5.80. The van der Waals surface area contributed by atoms with E-state index in [-0.39, 0.29) is 25.0 Å². The molecule has 142 valence electrons. The normalized spacial score (nSPS) is 14.4. The maximum Gasteiger partial charge on any atom is 0.324 e. The summed E-state index contributed by atoms with van der Waals surface area (Å²) in [5, 5.41) is 6.30. The van der Waals surface area contributed by atoms with Crippen LogP contribution >= 0.6 is 11.6 Å². The van der Waals surface area contributed by atoms with Gasteiger partial charge in [0.1, 0.15) is 12.4 Å². The number of urea groups is 1. The van der Waals surface area contributed by atoms with Crippen LogP contribution in [0.3, 0.4) is 0 Å². The van der Waals surface area contributed by atoms with E-state index in [1.54, 1.807) is 12.1 Å². The SMILES string of the molecule is CCNC(=NCCN1C(=O)CNC1=O)N(C)CCOc1cccc(Cl)c1. The van der Waals surface area contributed by atoms with Gasteiger partial charge in [-0.05, 0) is 25.1 Å². The number of imide groups is 1. The molecule has 1 aromatic carbocycles. The fourth-order valence-corrected chi connectivity index (χ4v) is 2.55. The van der Waals surface area contributed by atoms with E-state index in [1.807, 2.05) is 31.0 Å². The van der Waals surface area contributed by atoms with E-state index in [0.717, 1.165) is 0 Å². The molecule has 0 bridgehead atoms. The Labute approximate surface area is 158 Å². The number of halogens is 1. The van der Waals surface area contributed by atoms with Gasteiger partial charge in [0.15, 0.2) is 5.96 Å². The zero-order chi connectivity index (χ0) is 18.9. The molecule has 2 rings (SSSR count). The first-order valence-electron chi connectivity index (χ1n) is 8.47. The molecule has 1 saturated heterocycles. The first-order valence-corrected chi connectivity index (χ1v) is 8.85. The van der Waals surface area contributed by atoms with Crippen LogP contribution in [-0.4, -0.2) is 74.1 Å². The Bertz CT molecular complexity index is 652. The third-order valence-corrected chi connectivity index (χ3v) is 3.95. The lowest BCUT2D eigenvalue weighted by Gasteiger charge is -2.22. The van der Waals surface area contributed by atoms with E-state index in [2.05, 4.69) is 15.6 Å². The van der Waals surface area contributed by atoms with Gasteiger partial charge in [0.25, 0.3) is 0 Å². The van der Waals surface area contributed by atoms with Crippen molar-refractivity contribution in [2.24, 2.45) is 4.99 Å². The summed E-state index contributed by atoms with van der Waals surface area (Å²) in [6.07, 6.45) is 0. The molecule has 0 radical (unpaired) electrons. The number of aliphatic imine (C=N–C) groups is 1. The quantitative estimate of drug-likeness (QED) is 0.401. The highest BCUT2D eigenvalue weighted by molar-refractivity contribution is 6.30. The highest BCUT2D eigenvalue weighted by Gasteiger charge is 2.27. The second-order valence-corrected chi connectivity index (χ2v) is 6.10. The average Bonchev–Trinajstić information content (AvgIpc) is 2.93. The van der Waals surface area contributed by atoms with Gasteiger partial charge < -0.3 is 20.3 Å². The molecule has 0 spiro atoms. The minimum atomic E-state index is -0.363. The Morgan fingerprint density at radius 3 is 2.92 bits per heavy atom. The molecule has 0 aromatic heterocycles. The molecule has 0 unspecified atom stereocenters. The summed E-state index contributed by atoms with van der Waals surface area (Å²) in [6.45, 7) is 4.41. The van der Waals surface area contributed by atoms with Crippen molar-refractivity contribution >= 4 is 29.5 Å². The van der Waals surface area contributed by atoms with Crippen LogP contribution in [0.4, 0.5) is 4.79 Å². The topological polar surface area (TPSA) is 86.3 Å². The predicted molar refractivity (Wildman–Crippen MR) is 101 cm³/mol.